The molecule has 1 rings (SSSR count). The average molecular weight is 110 g/mol. The van der Waals surface area contributed by atoms with E-state index in [0.717, 1.165) is 12.2 Å². The first kappa shape index (κ1) is 5.35. The first-order valence-electron chi connectivity index (χ1n) is 2.59. The van der Waals surface area contributed by atoms with Crippen LogP contribution in [-0.2, 0) is 6.42 Å². The first-order valence-corrected chi connectivity index (χ1v) is 2.59. The van der Waals surface area contributed by atoms with Crippen LogP contribution >= 0.6 is 0 Å². The maximum Gasteiger partial charge on any atom is 0.194 e. The second kappa shape index (κ2) is 1.99. The predicted octanol–water partition coefficient (Wildman–Crippen LogP) is 1.42. The van der Waals surface area contributed by atoms with Gasteiger partial charge in [-0.25, -0.2) is 4.98 Å². The van der Waals surface area contributed by atoms with Gasteiger partial charge in [-0.15, -0.1) is 0 Å². The highest BCUT2D eigenvalue weighted by atomic mass is 16.3. The SMILES string of the molecule is [CH2]c1ncc(CC)o1. The molecule has 0 fully saturated rings. The van der Waals surface area contributed by atoms with Gasteiger partial charge in [-0.2, -0.15) is 0 Å². The van der Waals surface area contributed by atoms with E-state index in [1.165, 1.54) is 0 Å². The molecule has 8 heavy (non-hydrogen) atoms. The number of rotatable bonds is 1. The summed E-state index contributed by atoms with van der Waals surface area (Å²) < 4.78 is 5.01. The average Bonchev–Trinajstić information content (AvgIpc) is 2.14. The molecule has 1 radical (unpaired) electrons. The normalized spacial score (nSPS) is 9.75. The van der Waals surface area contributed by atoms with Gasteiger partial charge in [0.2, 0.25) is 0 Å². The van der Waals surface area contributed by atoms with Crippen molar-refractivity contribution in [3.05, 3.63) is 24.8 Å². The number of aromatic nitrogens is 1. The summed E-state index contributed by atoms with van der Waals surface area (Å²) in [6, 6.07) is 0. The van der Waals surface area contributed by atoms with Crippen LogP contribution in [0, 0.1) is 6.92 Å². The highest BCUT2D eigenvalue weighted by Gasteiger charge is 1.92. The fraction of sp³-hybridized carbons (Fsp3) is 0.333. The van der Waals surface area contributed by atoms with Crippen molar-refractivity contribution in [2.45, 2.75) is 13.3 Å². The fourth-order valence-corrected chi connectivity index (χ4v) is 0.511. The van der Waals surface area contributed by atoms with Gasteiger partial charge >= 0.3 is 0 Å². The van der Waals surface area contributed by atoms with E-state index in [-0.39, 0.29) is 0 Å². The first-order chi connectivity index (χ1) is 3.83. The van der Waals surface area contributed by atoms with Gasteiger partial charge in [0.1, 0.15) is 5.76 Å². The van der Waals surface area contributed by atoms with Crippen LogP contribution in [0.4, 0.5) is 0 Å². The van der Waals surface area contributed by atoms with Gasteiger partial charge in [0.25, 0.3) is 0 Å². The Morgan fingerprint density at radius 3 is 2.88 bits per heavy atom. The van der Waals surface area contributed by atoms with E-state index in [2.05, 4.69) is 11.9 Å². The summed E-state index contributed by atoms with van der Waals surface area (Å²) in [4.78, 5) is 3.81. The van der Waals surface area contributed by atoms with Gasteiger partial charge in [0, 0.05) is 13.3 Å². The lowest BCUT2D eigenvalue weighted by molar-refractivity contribution is 0.493. The summed E-state index contributed by atoms with van der Waals surface area (Å²) in [5.74, 6) is 1.40. The maximum absolute atomic E-state index is 5.01. The van der Waals surface area contributed by atoms with E-state index >= 15 is 0 Å². The lowest BCUT2D eigenvalue weighted by Gasteiger charge is -1.80. The summed E-state index contributed by atoms with van der Waals surface area (Å²) in [7, 11) is 0. The van der Waals surface area contributed by atoms with Crippen LogP contribution < -0.4 is 0 Å². The minimum absolute atomic E-state index is 0.502. The fourth-order valence-electron chi connectivity index (χ4n) is 0.511. The van der Waals surface area contributed by atoms with E-state index in [1.54, 1.807) is 6.20 Å². The van der Waals surface area contributed by atoms with Crippen LogP contribution in [0.15, 0.2) is 10.6 Å². The Hall–Kier alpha value is -0.790. The maximum atomic E-state index is 5.01. The molecule has 43 valence electrons. The van der Waals surface area contributed by atoms with Crippen LogP contribution in [0.3, 0.4) is 0 Å². The van der Waals surface area contributed by atoms with Crippen molar-refractivity contribution in [2.75, 3.05) is 0 Å². The molecular weight excluding hydrogens is 102 g/mol. The lowest BCUT2D eigenvalue weighted by Crippen LogP contribution is -1.67. The van der Waals surface area contributed by atoms with E-state index in [9.17, 15) is 0 Å². The van der Waals surface area contributed by atoms with E-state index in [4.69, 9.17) is 4.42 Å². The van der Waals surface area contributed by atoms with Crippen molar-refractivity contribution < 1.29 is 4.42 Å². The van der Waals surface area contributed by atoms with Crippen molar-refractivity contribution in [1.82, 2.24) is 4.98 Å². The summed E-state index contributed by atoms with van der Waals surface area (Å²) in [5, 5.41) is 0. The van der Waals surface area contributed by atoms with Crippen molar-refractivity contribution >= 4 is 0 Å². The zero-order valence-corrected chi connectivity index (χ0v) is 4.85. The summed E-state index contributed by atoms with van der Waals surface area (Å²) in [5.41, 5.74) is 0. The Balaban J connectivity index is 2.84. The summed E-state index contributed by atoms with van der Waals surface area (Å²) >= 11 is 0. The molecule has 0 spiro atoms. The molecule has 0 saturated heterocycles. The Morgan fingerprint density at radius 1 is 1.88 bits per heavy atom. The van der Waals surface area contributed by atoms with Crippen LogP contribution in [0.5, 0.6) is 0 Å². The molecule has 0 amide bonds. The van der Waals surface area contributed by atoms with Crippen LogP contribution in [-0.4, -0.2) is 4.98 Å². The monoisotopic (exact) mass is 110 g/mol. The molecule has 0 saturated carbocycles. The van der Waals surface area contributed by atoms with Crippen molar-refractivity contribution in [2.24, 2.45) is 0 Å². The van der Waals surface area contributed by atoms with Gasteiger partial charge in [-0.1, -0.05) is 6.92 Å². The molecule has 2 nitrogen and oxygen atoms in total. The highest BCUT2D eigenvalue weighted by Crippen LogP contribution is 2.00. The van der Waals surface area contributed by atoms with Crippen molar-refractivity contribution in [1.29, 1.82) is 0 Å². The number of nitrogens with zero attached hydrogens (tertiary/aromatic N) is 1. The number of oxazole rings is 1. The second-order valence-electron chi connectivity index (χ2n) is 1.57. The van der Waals surface area contributed by atoms with Gasteiger partial charge < -0.3 is 4.42 Å². The summed E-state index contributed by atoms with van der Waals surface area (Å²) in [6.45, 7) is 5.53. The van der Waals surface area contributed by atoms with Crippen molar-refractivity contribution in [3.8, 4) is 0 Å². The molecule has 1 aromatic rings. The zero-order chi connectivity index (χ0) is 5.98. The number of hydrogen-bond donors (Lipinski definition) is 0. The molecule has 1 heterocycles. The topological polar surface area (TPSA) is 26.0 Å². The molecule has 0 aromatic carbocycles. The quantitative estimate of drug-likeness (QED) is 0.546. The molecule has 0 atom stereocenters. The Labute approximate surface area is 48.5 Å². The third-order valence-corrected chi connectivity index (χ3v) is 0.950. The molecular formula is C6H8NO. The Morgan fingerprint density at radius 2 is 2.62 bits per heavy atom. The molecule has 0 bridgehead atoms. The highest BCUT2D eigenvalue weighted by molar-refractivity contribution is 4.94. The van der Waals surface area contributed by atoms with Gasteiger partial charge in [0.05, 0.1) is 6.20 Å². The van der Waals surface area contributed by atoms with Crippen LogP contribution in [0.2, 0.25) is 0 Å². The van der Waals surface area contributed by atoms with Gasteiger partial charge in [0.15, 0.2) is 5.89 Å². The van der Waals surface area contributed by atoms with E-state index < -0.39 is 0 Å². The number of aryl methyl sites for hydroxylation is 1. The third-order valence-electron chi connectivity index (χ3n) is 0.950. The number of hydrogen-bond acceptors (Lipinski definition) is 2. The molecule has 0 unspecified atom stereocenters. The molecule has 1 aromatic heterocycles. The van der Waals surface area contributed by atoms with Crippen LogP contribution in [0.1, 0.15) is 18.6 Å². The van der Waals surface area contributed by atoms with Gasteiger partial charge in [-0.3, -0.25) is 0 Å². The zero-order valence-electron chi connectivity index (χ0n) is 4.85. The molecule has 2 heteroatoms. The molecule has 0 aliphatic carbocycles. The smallest absolute Gasteiger partial charge is 0.194 e. The largest absolute Gasteiger partial charge is 0.446 e. The molecule has 0 aliphatic heterocycles. The predicted molar refractivity (Wildman–Crippen MR) is 30.3 cm³/mol. The van der Waals surface area contributed by atoms with Crippen LogP contribution in [0.25, 0.3) is 0 Å². The minimum Gasteiger partial charge on any atom is -0.446 e. The molecule has 0 aliphatic rings. The third kappa shape index (κ3) is 0.886. The van der Waals surface area contributed by atoms with E-state index in [0.29, 0.717) is 5.89 Å². The lowest BCUT2D eigenvalue weighted by atomic mass is 10.4. The minimum atomic E-state index is 0.502. The standard InChI is InChI=1S/C6H8NO/c1-3-6-4-7-5(2)8-6/h4H,2-3H2,1H3. The Bertz CT molecular complexity index is 169. The summed E-state index contributed by atoms with van der Waals surface area (Å²) in [6.07, 6.45) is 2.59. The second-order valence-corrected chi connectivity index (χ2v) is 1.57. The molecule has 0 N–H and O–H groups in total. The van der Waals surface area contributed by atoms with E-state index in [1.807, 2.05) is 6.92 Å². The van der Waals surface area contributed by atoms with Gasteiger partial charge in [-0.05, 0) is 0 Å². The Kier molecular flexibility index (Phi) is 1.33. The van der Waals surface area contributed by atoms with Crippen molar-refractivity contribution in [3.63, 3.8) is 0 Å².